The zero-order valence-electron chi connectivity index (χ0n) is 15.5. The Morgan fingerprint density at radius 3 is 2.56 bits per heavy atom. The van der Waals surface area contributed by atoms with Crippen molar-refractivity contribution in [3.63, 3.8) is 0 Å². The Morgan fingerprint density at radius 1 is 1.15 bits per heavy atom. The van der Waals surface area contributed by atoms with E-state index in [2.05, 4.69) is 38.6 Å². The average Bonchev–Trinajstić information content (AvgIpc) is 2.60. The van der Waals surface area contributed by atoms with Crippen molar-refractivity contribution in [3.05, 3.63) is 53.3 Å². The number of benzene rings is 1. The maximum absolute atomic E-state index is 12.4. The largest absolute Gasteiger partial charge is 0.435 e. The molecule has 2 heterocycles. The Balaban J connectivity index is 1.57. The molecule has 144 valence electrons. The molecule has 1 aliphatic heterocycles. The first-order valence-corrected chi connectivity index (χ1v) is 9.33. The van der Waals surface area contributed by atoms with Crippen LogP contribution in [0, 0.1) is 13.8 Å². The summed E-state index contributed by atoms with van der Waals surface area (Å²) >= 11 is 5.63. The third-order valence-electron chi connectivity index (χ3n) is 4.52. The van der Waals surface area contributed by atoms with Crippen molar-refractivity contribution in [2.24, 2.45) is 0 Å². The van der Waals surface area contributed by atoms with E-state index in [0.717, 1.165) is 48.2 Å². The molecule has 27 heavy (non-hydrogen) atoms. The van der Waals surface area contributed by atoms with E-state index in [9.17, 15) is 8.78 Å². The molecule has 0 bridgehead atoms. The number of thiocarbonyl (C=S) groups is 1. The molecule has 1 aliphatic rings. The number of piperazine rings is 1. The smallest absolute Gasteiger partial charge is 0.387 e. The number of aryl methyl sites for hydroxylation is 2. The van der Waals surface area contributed by atoms with E-state index in [0.29, 0.717) is 6.42 Å². The number of alkyl halides is 2. The molecule has 0 spiro atoms. The average molecular weight is 391 g/mol. The van der Waals surface area contributed by atoms with Crippen LogP contribution in [0.1, 0.15) is 17.0 Å². The lowest BCUT2D eigenvalue weighted by Gasteiger charge is -2.37. The lowest BCUT2D eigenvalue weighted by Crippen LogP contribution is -2.48. The highest BCUT2D eigenvalue weighted by atomic mass is 32.1. The second-order valence-corrected chi connectivity index (χ2v) is 7.17. The molecule has 1 aromatic carbocycles. The van der Waals surface area contributed by atoms with E-state index in [-0.39, 0.29) is 5.75 Å². The lowest BCUT2D eigenvalue weighted by atomic mass is 10.1. The molecular weight excluding hydrogens is 368 g/mol. The summed E-state index contributed by atoms with van der Waals surface area (Å²) in [7, 11) is 0. The van der Waals surface area contributed by atoms with Crippen LogP contribution in [0.25, 0.3) is 0 Å². The molecule has 0 N–H and O–H groups in total. The van der Waals surface area contributed by atoms with Crippen LogP contribution in [0.3, 0.4) is 0 Å². The van der Waals surface area contributed by atoms with Gasteiger partial charge >= 0.3 is 6.61 Å². The summed E-state index contributed by atoms with van der Waals surface area (Å²) in [5, 5.41) is 0. The van der Waals surface area contributed by atoms with E-state index < -0.39 is 6.61 Å². The minimum Gasteiger partial charge on any atom is -0.435 e. The second-order valence-electron chi connectivity index (χ2n) is 6.70. The van der Waals surface area contributed by atoms with Gasteiger partial charge in [0.1, 0.15) is 5.75 Å². The van der Waals surface area contributed by atoms with Gasteiger partial charge in [-0.05, 0) is 43.7 Å². The van der Waals surface area contributed by atoms with Crippen LogP contribution in [0.2, 0.25) is 0 Å². The molecule has 0 saturated carbocycles. The molecule has 0 aliphatic carbocycles. The molecule has 0 amide bonds. The van der Waals surface area contributed by atoms with E-state index in [4.69, 9.17) is 12.2 Å². The zero-order valence-corrected chi connectivity index (χ0v) is 16.3. The van der Waals surface area contributed by atoms with Gasteiger partial charge in [0.2, 0.25) is 0 Å². The molecule has 1 fully saturated rings. The van der Waals surface area contributed by atoms with Crippen LogP contribution in [0.15, 0.2) is 36.4 Å². The Bertz CT molecular complexity index is 787. The number of aromatic nitrogens is 1. The highest BCUT2D eigenvalue weighted by Crippen LogP contribution is 2.24. The summed E-state index contributed by atoms with van der Waals surface area (Å²) < 4.78 is 29.3. The summed E-state index contributed by atoms with van der Waals surface area (Å²) in [6, 6.07) is 11.0. The van der Waals surface area contributed by atoms with Crippen LogP contribution in [0.4, 0.5) is 14.5 Å². The highest BCUT2D eigenvalue weighted by molar-refractivity contribution is 7.80. The zero-order chi connectivity index (χ0) is 19.4. The van der Waals surface area contributed by atoms with Gasteiger partial charge in [-0.1, -0.05) is 18.3 Å². The number of pyridine rings is 1. The molecule has 0 atom stereocenters. The van der Waals surface area contributed by atoms with Gasteiger partial charge in [-0.3, -0.25) is 4.98 Å². The molecule has 4 nitrogen and oxygen atoms in total. The van der Waals surface area contributed by atoms with Gasteiger partial charge in [-0.2, -0.15) is 8.78 Å². The fourth-order valence-corrected chi connectivity index (χ4v) is 3.68. The van der Waals surface area contributed by atoms with E-state index in [1.54, 1.807) is 12.1 Å². The predicted octanol–water partition coefficient (Wildman–Crippen LogP) is 3.99. The molecular formula is C20H23F2N3OS. The molecule has 1 aromatic heterocycles. The Hall–Kier alpha value is -2.28. The van der Waals surface area contributed by atoms with Crippen molar-refractivity contribution in [2.75, 3.05) is 31.1 Å². The number of hydrogen-bond acceptors (Lipinski definition) is 4. The van der Waals surface area contributed by atoms with Crippen LogP contribution in [0.5, 0.6) is 5.75 Å². The number of hydrogen-bond donors (Lipinski definition) is 0. The van der Waals surface area contributed by atoms with Gasteiger partial charge in [-0.25, -0.2) is 0 Å². The summed E-state index contributed by atoms with van der Waals surface area (Å²) in [5.74, 6) is 0.182. The van der Waals surface area contributed by atoms with Crippen LogP contribution >= 0.6 is 12.2 Å². The molecule has 3 rings (SSSR count). The first-order chi connectivity index (χ1) is 12.9. The van der Waals surface area contributed by atoms with Gasteiger partial charge in [0.25, 0.3) is 0 Å². The normalized spacial score (nSPS) is 14.6. The van der Waals surface area contributed by atoms with Gasteiger partial charge in [0.15, 0.2) is 0 Å². The minimum absolute atomic E-state index is 0.182. The van der Waals surface area contributed by atoms with Gasteiger partial charge in [0, 0.05) is 55.7 Å². The fourth-order valence-electron chi connectivity index (χ4n) is 3.35. The lowest BCUT2D eigenvalue weighted by molar-refractivity contribution is -0.0498. The van der Waals surface area contributed by atoms with Crippen molar-refractivity contribution < 1.29 is 13.5 Å². The second kappa shape index (κ2) is 8.61. The maximum atomic E-state index is 12.4. The van der Waals surface area contributed by atoms with Crippen LogP contribution in [-0.2, 0) is 6.42 Å². The van der Waals surface area contributed by atoms with Crippen molar-refractivity contribution in [1.29, 1.82) is 0 Å². The van der Waals surface area contributed by atoms with Gasteiger partial charge in [0.05, 0.1) is 4.99 Å². The van der Waals surface area contributed by atoms with E-state index in [1.807, 2.05) is 13.0 Å². The minimum atomic E-state index is -2.81. The molecule has 7 heteroatoms. The van der Waals surface area contributed by atoms with Crippen molar-refractivity contribution >= 4 is 22.9 Å². The monoisotopic (exact) mass is 391 g/mol. The first-order valence-electron chi connectivity index (χ1n) is 8.92. The van der Waals surface area contributed by atoms with Crippen molar-refractivity contribution in [2.45, 2.75) is 26.9 Å². The highest BCUT2D eigenvalue weighted by Gasteiger charge is 2.20. The summed E-state index contributed by atoms with van der Waals surface area (Å²) in [6.45, 7) is 4.38. The summed E-state index contributed by atoms with van der Waals surface area (Å²) in [6.07, 6.45) is 0.662. The topological polar surface area (TPSA) is 28.6 Å². The Kier molecular flexibility index (Phi) is 6.21. The number of rotatable bonds is 5. The Morgan fingerprint density at radius 2 is 1.89 bits per heavy atom. The van der Waals surface area contributed by atoms with Crippen molar-refractivity contribution in [3.8, 4) is 5.75 Å². The Labute approximate surface area is 163 Å². The standard InChI is InChI=1S/C20H23F2N3OS/c1-14-10-15(2)23-16(11-14)12-19(27)25-8-6-24(7-9-25)17-4-3-5-18(13-17)26-20(21)22/h3-5,10-11,13,20H,6-9,12H2,1-2H3. The third kappa shape index (κ3) is 5.35. The maximum Gasteiger partial charge on any atom is 0.387 e. The SMILES string of the molecule is Cc1cc(C)nc(CC(=S)N2CCN(c3cccc(OC(F)F)c3)CC2)c1. The quantitative estimate of drug-likeness (QED) is 0.719. The third-order valence-corrected chi connectivity index (χ3v) is 4.93. The van der Waals surface area contributed by atoms with Crippen LogP contribution < -0.4 is 9.64 Å². The predicted molar refractivity (Wildman–Crippen MR) is 107 cm³/mol. The number of halogens is 2. The van der Waals surface area contributed by atoms with E-state index >= 15 is 0 Å². The molecule has 2 aromatic rings. The fraction of sp³-hybridized carbons (Fsp3) is 0.400. The number of anilines is 1. The molecule has 1 saturated heterocycles. The van der Waals surface area contributed by atoms with Crippen LogP contribution in [-0.4, -0.2) is 47.7 Å². The molecule has 0 radical (unpaired) electrons. The number of nitrogens with zero attached hydrogens (tertiary/aromatic N) is 3. The molecule has 0 unspecified atom stereocenters. The summed E-state index contributed by atoms with van der Waals surface area (Å²) in [4.78, 5) is 9.81. The first kappa shape index (κ1) is 19.5. The van der Waals surface area contributed by atoms with E-state index in [1.165, 1.54) is 11.6 Å². The van der Waals surface area contributed by atoms with Gasteiger partial charge < -0.3 is 14.5 Å². The van der Waals surface area contributed by atoms with Crippen molar-refractivity contribution in [1.82, 2.24) is 9.88 Å². The van der Waals surface area contributed by atoms with Gasteiger partial charge in [-0.15, -0.1) is 0 Å². The summed E-state index contributed by atoms with van der Waals surface area (Å²) in [5.41, 5.74) is 4.08. The number of ether oxygens (including phenoxy) is 1.